The van der Waals surface area contributed by atoms with E-state index in [1.54, 1.807) is 25.1 Å². The lowest BCUT2D eigenvalue weighted by molar-refractivity contribution is -0.383. The Balaban J connectivity index is 2.52. The van der Waals surface area contributed by atoms with Crippen LogP contribution < -0.4 is 10.0 Å². The standard InChI is InChI=1S/C16H19N3O4S/c1-4-18(13-6-8-16(19(20)21)15(17)10-13)24(22,23)14-7-5-11(2)12(3)9-14/h5-10H,4,17H2,1-3H3. The van der Waals surface area contributed by atoms with Crippen LogP contribution in [0.25, 0.3) is 0 Å². The van der Waals surface area contributed by atoms with Crippen molar-refractivity contribution in [1.29, 1.82) is 0 Å². The number of nitrogens with zero attached hydrogens (tertiary/aromatic N) is 2. The predicted octanol–water partition coefficient (Wildman–Crippen LogP) is 3.01. The Morgan fingerprint density at radius 2 is 1.79 bits per heavy atom. The van der Waals surface area contributed by atoms with Gasteiger partial charge in [0, 0.05) is 12.6 Å². The summed E-state index contributed by atoms with van der Waals surface area (Å²) in [6.45, 7) is 5.61. The molecule has 0 atom stereocenters. The molecule has 2 aromatic carbocycles. The summed E-state index contributed by atoms with van der Waals surface area (Å²) < 4.78 is 27.0. The van der Waals surface area contributed by atoms with Gasteiger partial charge in [-0.25, -0.2) is 8.42 Å². The van der Waals surface area contributed by atoms with Crippen LogP contribution in [0.2, 0.25) is 0 Å². The first-order valence-electron chi connectivity index (χ1n) is 7.32. The molecule has 0 aliphatic heterocycles. The van der Waals surface area contributed by atoms with Crippen molar-refractivity contribution in [3.8, 4) is 0 Å². The van der Waals surface area contributed by atoms with Crippen LogP contribution in [0.1, 0.15) is 18.1 Å². The summed E-state index contributed by atoms with van der Waals surface area (Å²) in [6.07, 6.45) is 0. The van der Waals surface area contributed by atoms with Crippen molar-refractivity contribution in [2.75, 3.05) is 16.6 Å². The monoisotopic (exact) mass is 349 g/mol. The number of nitro groups is 1. The van der Waals surface area contributed by atoms with Crippen molar-refractivity contribution >= 4 is 27.1 Å². The van der Waals surface area contributed by atoms with Crippen LogP contribution in [-0.2, 0) is 10.0 Å². The highest BCUT2D eigenvalue weighted by Gasteiger charge is 2.25. The van der Waals surface area contributed by atoms with Crippen molar-refractivity contribution < 1.29 is 13.3 Å². The molecule has 8 heteroatoms. The van der Waals surface area contributed by atoms with Crippen molar-refractivity contribution in [3.63, 3.8) is 0 Å². The zero-order valence-electron chi connectivity index (χ0n) is 13.7. The minimum atomic E-state index is -3.79. The molecule has 7 nitrogen and oxygen atoms in total. The first-order chi connectivity index (χ1) is 11.2. The zero-order chi connectivity index (χ0) is 18.1. The minimum absolute atomic E-state index is 0.0776. The fourth-order valence-corrected chi connectivity index (χ4v) is 3.91. The van der Waals surface area contributed by atoms with Crippen LogP contribution >= 0.6 is 0 Å². The van der Waals surface area contributed by atoms with Gasteiger partial charge in [0.15, 0.2) is 0 Å². The fraction of sp³-hybridized carbons (Fsp3) is 0.250. The second-order valence-corrected chi connectivity index (χ2v) is 7.28. The molecular weight excluding hydrogens is 330 g/mol. The van der Waals surface area contributed by atoms with Gasteiger partial charge in [0.25, 0.3) is 15.7 Å². The Kier molecular flexibility index (Phi) is 4.79. The van der Waals surface area contributed by atoms with E-state index in [9.17, 15) is 18.5 Å². The third-order valence-electron chi connectivity index (χ3n) is 3.85. The van der Waals surface area contributed by atoms with Gasteiger partial charge < -0.3 is 5.73 Å². The Hall–Kier alpha value is -2.61. The molecule has 128 valence electrons. The molecule has 0 spiro atoms. The van der Waals surface area contributed by atoms with E-state index in [0.29, 0.717) is 5.69 Å². The van der Waals surface area contributed by atoms with E-state index in [1.807, 2.05) is 13.8 Å². The smallest absolute Gasteiger partial charge is 0.292 e. The number of hydrogen-bond acceptors (Lipinski definition) is 5. The van der Waals surface area contributed by atoms with Crippen LogP contribution in [0.15, 0.2) is 41.3 Å². The minimum Gasteiger partial charge on any atom is -0.393 e. The lowest BCUT2D eigenvalue weighted by Crippen LogP contribution is -2.31. The fourth-order valence-electron chi connectivity index (χ4n) is 2.36. The second kappa shape index (κ2) is 6.48. The highest BCUT2D eigenvalue weighted by molar-refractivity contribution is 7.92. The van der Waals surface area contributed by atoms with Crippen molar-refractivity contribution in [1.82, 2.24) is 0 Å². The molecule has 0 aromatic heterocycles. The molecular formula is C16H19N3O4S. The molecule has 0 saturated heterocycles. The lowest BCUT2D eigenvalue weighted by atomic mass is 10.1. The number of benzene rings is 2. The highest BCUT2D eigenvalue weighted by Crippen LogP contribution is 2.30. The van der Waals surface area contributed by atoms with Gasteiger partial charge in [-0.2, -0.15) is 0 Å². The number of nitrogen functional groups attached to an aromatic ring is 1. The Morgan fingerprint density at radius 1 is 1.12 bits per heavy atom. The summed E-state index contributed by atoms with van der Waals surface area (Å²) >= 11 is 0. The number of hydrogen-bond donors (Lipinski definition) is 1. The van der Waals surface area contributed by atoms with Crippen molar-refractivity contribution in [2.45, 2.75) is 25.7 Å². The quantitative estimate of drug-likeness (QED) is 0.507. The number of sulfonamides is 1. The predicted molar refractivity (Wildman–Crippen MR) is 93.6 cm³/mol. The maximum absolute atomic E-state index is 12.9. The first kappa shape index (κ1) is 17.7. The number of anilines is 2. The van der Waals surface area contributed by atoms with Gasteiger partial charge in [-0.1, -0.05) is 6.07 Å². The molecule has 0 aliphatic carbocycles. The van der Waals surface area contributed by atoms with Gasteiger partial charge in [-0.05, 0) is 56.2 Å². The Bertz CT molecular complexity index is 894. The number of nitrogens with two attached hydrogens (primary N) is 1. The Morgan fingerprint density at radius 3 is 2.29 bits per heavy atom. The van der Waals surface area contributed by atoms with Gasteiger partial charge in [0.2, 0.25) is 0 Å². The molecule has 0 radical (unpaired) electrons. The molecule has 2 rings (SSSR count). The van der Waals surface area contributed by atoms with Crippen LogP contribution in [-0.4, -0.2) is 19.9 Å². The third kappa shape index (κ3) is 3.18. The largest absolute Gasteiger partial charge is 0.393 e. The van der Waals surface area contributed by atoms with Crippen LogP contribution in [0.3, 0.4) is 0 Å². The maximum atomic E-state index is 12.9. The summed E-state index contributed by atoms with van der Waals surface area (Å²) in [4.78, 5) is 10.4. The Labute approximate surface area is 140 Å². The van der Waals surface area contributed by atoms with Gasteiger partial charge in [-0.15, -0.1) is 0 Å². The molecule has 0 amide bonds. The summed E-state index contributed by atoms with van der Waals surface area (Å²) in [5.41, 5.74) is 7.51. The van der Waals surface area contributed by atoms with E-state index in [1.165, 1.54) is 22.5 Å². The van der Waals surface area contributed by atoms with Crippen LogP contribution in [0, 0.1) is 24.0 Å². The van der Waals surface area contributed by atoms with Gasteiger partial charge >= 0.3 is 0 Å². The number of nitro benzene ring substituents is 1. The third-order valence-corrected chi connectivity index (χ3v) is 5.75. The molecule has 0 heterocycles. The summed E-state index contributed by atoms with van der Waals surface area (Å²) in [7, 11) is -3.79. The number of aryl methyl sites for hydroxylation is 2. The highest BCUT2D eigenvalue weighted by atomic mass is 32.2. The second-order valence-electron chi connectivity index (χ2n) is 5.42. The van der Waals surface area contributed by atoms with Crippen LogP contribution in [0.5, 0.6) is 0 Å². The molecule has 0 aliphatic rings. The number of rotatable bonds is 5. The van der Waals surface area contributed by atoms with E-state index in [2.05, 4.69) is 0 Å². The van der Waals surface area contributed by atoms with Gasteiger partial charge in [-0.3, -0.25) is 14.4 Å². The molecule has 0 saturated carbocycles. The molecule has 2 aromatic rings. The summed E-state index contributed by atoms with van der Waals surface area (Å²) in [5, 5.41) is 10.9. The van der Waals surface area contributed by atoms with E-state index in [-0.39, 0.29) is 22.8 Å². The zero-order valence-corrected chi connectivity index (χ0v) is 14.5. The van der Waals surface area contributed by atoms with Crippen molar-refractivity contribution in [3.05, 3.63) is 57.6 Å². The molecule has 0 bridgehead atoms. The topological polar surface area (TPSA) is 107 Å². The van der Waals surface area contributed by atoms with E-state index < -0.39 is 14.9 Å². The van der Waals surface area contributed by atoms with E-state index >= 15 is 0 Å². The lowest BCUT2D eigenvalue weighted by Gasteiger charge is -2.23. The average molecular weight is 349 g/mol. The normalized spacial score (nSPS) is 11.3. The average Bonchev–Trinajstić information content (AvgIpc) is 2.50. The maximum Gasteiger partial charge on any atom is 0.292 e. The molecule has 2 N–H and O–H groups in total. The van der Waals surface area contributed by atoms with E-state index in [4.69, 9.17) is 5.73 Å². The molecule has 0 fully saturated rings. The first-order valence-corrected chi connectivity index (χ1v) is 8.76. The van der Waals surface area contributed by atoms with Crippen LogP contribution in [0.4, 0.5) is 17.1 Å². The summed E-state index contributed by atoms with van der Waals surface area (Å²) in [6, 6.07) is 8.82. The molecule has 24 heavy (non-hydrogen) atoms. The van der Waals surface area contributed by atoms with Gasteiger partial charge in [0.05, 0.1) is 15.5 Å². The summed E-state index contributed by atoms with van der Waals surface area (Å²) in [5.74, 6) is 0. The van der Waals surface area contributed by atoms with E-state index in [0.717, 1.165) is 11.1 Å². The van der Waals surface area contributed by atoms with Gasteiger partial charge in [0.1, 0.15) is 5.69 Å². The SMILES string of the molecule is CCN(c1ccc([N+](=O)[O-])c(N)c1)S(=O)(=O)c1ccc(C)c(C)c1. The van der Waals surface area contributed by atoms with Crippen molar-refractivity contribution in [2.24, 2.45) is 0 Å². The molecule has 0 unspecified atom stereocenters.